The third-order valence-corrected chi connectivity index (χ3v) is 4.34. The zero-order valence-electron chi connectivity index (χ0n) is 10.5. The van der Waals surface area contributed by atoms with Crippen molar-refractivity contribution in [2.45, 2.75) is 31.4 Å². The van der Waals surface area contributed by atoms with E-state index < -0.39 is 0 Å². The van der Waals surface area contributed by atoms with Crippen molar-refractivity contribution in [2.75, 3.05) is 6.61 Å². The lowest BCUT2D eigenvalue weighted by molar-refractivity contribution is -0.0492. The Labute approximate surface area is 106 Å². The van der Waals surface area contributed by atoms with Crippen molar-refractivity contribution in [1.82, 2.24) is 9.55 Å². The molecule has 92 valence electrons. The van der Waals surface area contributed by atoms with Crippen LogP contribution < -0.4 is 0 Å². The molecule has 3 nitrogen and oxygen atoms in total. The molecule has 2 heterocycles. The minimum atomic E-state index is 0.113. The Morgan fingerprint density at radius 1 is 1.39 bits per heavy atom. The fraction of sp³-hybridized carbons (Fsp3) is 0.400. The first-order valence-electron chi connectivity index (χ1n) is 6.59. The SMILES string of the molecule is CCOC1CC2(C1)c1ccccc1-c1cncn12. The van der Waals surface area contributed by atoms with Crippen molar-refractivity contribution >= 4 is 0 Å². The lowest BCUT2D eigenvalue weighted by Crippen LogP contribution is -2.49. The number of nitrogens with zero attached hydrogens (tertiary/aromatic N) is 2. The molecule has 3 heteroatoms. The Hall–Kier alpha value is -1.61. The minimum absolute atomic E-state index is 0.113. The van der Waals surface area contributed by atoms with E-state index in [0.717, 1.165) is 19.4 Å². The Kier molecular flexibility index (Phi) is 1.98. The fourth-order valence-electron chi connectivity index (χ4n) is 3.54. The Morgan fingerprint density at radius 3 is 3.06 bits per heavy atom. The summed E-state index contributed by atoms with van der Waals surface area (Å²) in [6.07, 6.45) is 6.48. The van der Waals surface area contributed by atoms with Gasteiger partial charge in [0.15, 0.2) is 0 Å². The minimum Gasteiger partial charge on any atom is -0.378 e. The van der Waals surface area contributed by atoms with Crippen LogP contribution in [0.3, 0.4) is 0 Å². The summed E-state index contributed by atoms with van der Waals surface area (Å²) in [6, 6.07) is 8.69. The van der Waals surface area contributed by atoms with E-state index in [9.17, 15) is 0 Å². The quantitative estimate of drug-likeness (QED) is 0.807. The van der Waals surface area contributed by atoms with E-state index >= 15 is 0 Å². The molecule has 0 N–H and O–H groups in total. The van der Waals surface area contributed by atoms with Crippen molar-refractivity contribution in [1.29, 1.82) is 0 Å². The molecule has 0 saturated heterocycles. The number of hydrogen-bond donors (Lipinski definition) is 0. The van der Waals surface area contributed by atoms with Gasteiger partial charge in [-0.05, 0) is 12.5 Å². The summed E-state index contributed by atoms with van der Waals surface area (Å²) in [5.74, 6) is 0. The van der Waals surface area contributed by atoms with Gasteiger partial charge in [0.2, 0.25) is 0 Å². The monoisotopic (exact) mass is 240 g/mol. The molecule has 18 heavy (non-hydrogen) atoms. The van der Waals surface area contributed by atoms with Gasteiger partial charge in [-0.3, -0.25) is 0 Å². The second kappa shape index (κ2) is 3.45. The predicted molar refractivity (Wildman–Crippen MR) is 69.4 cm³/mol. The predicted octanol–water partition coefficient (Wildman–Crippen LogP) is 2.81. The molecule has 1 aliphatic heterocycles. The molecule has 0 unspecified atom stereocenters. The normalized spacial score (nSPS) is 27.9. The van der Waals surface area contributed by atoms with Crippen LogP contribution in [-0.4, -0.2) is 22.3 Å². The molecule has 1 fully saturated rings. The Bertz CT molecular complexity index is 596. The molecule has 0 amide bonds. The summed E-state index contributed by atoms with van der Waals surface area (Å²) in [4.78, 5) is 4.31. The van der Waals surface area contributed by atoms with Crippen molar-refractivity contribution in [3.05, 3.63) is 42.4 Å². The van der Waals surface area contributed by atoms with Gasteiger partial charge in [0.1, 0.15) is 0 Å². The lowest BCUT2D eigenvalue weighted by Gasteiger charge is -2.46. The molecule has 0 atom stereocenters. The molecule has 2 aliphatic rings. The van der Waals surface area contributed by atoms with E-state index in [1.54, 1.807) is 0 Å². The number of benzene rings is 1. The molecule has 1 aromatic heterocycles. The van der Waals surface area contributed by atoms with Gasteiger partial charge in [-0.2, -0.15) is 0 Å². The summed E-state index contributed by atoms with van der Waals surface area (Å²) in [6.45, 7) is 2.87. The van der Waals surface area contributed by atoms with Gasteiger partial charge in [0, 0.05) is 25.0 Å². The van der Waals surface area contributed by atoms with Gasteiger partial charge in [0.25, 0.3) is 0 Å². The molecule has 4 rings (SSSR count). The first kappa shape index (κ1) is 10.3. The second-order valence-electron chi connectivity index (χ2n) is 5.21. The molecule has 2 aromatic rings. The number of rotatable bonds is 2. The van der Waals surface area contributed by atoms with Crippen LogP contribution in [-0.2, 0) is 10.3 Å². The average Bonchev–Trinajstić information content (AvgIpc) is 2.90. The third kappa shape index (κ3) is 1.10. The van der Waals surface area contributed by atoms with Crippen LogP contribution in [0.5, 0.6) is 0 Å². The van der Waals surface area contributed by atoms with Crippen LogP contribution in [0.4, 0.5) is 0 Å². The van der Waals surface area contributed by atoms with Gasteiger partial charge in [-0.15, -0.1) is 0 Å². The zero-order chi connectivity index (χ0) is 12.2. The Morgan fingerprint density at radius 2 is 2.22 bits per heavy atom. The number of hydrogen-bond acceptors (Lipinski definition) is 2. The first-order valence-corrected chi connectivity index (χ1v) is 6.59. The maximum absolute atomic E-state index is 5.74. The highest BCUT2D eigenvalue weighted by Gasteiger charge is 2.52. The van der Waals surface area contributed by atoms with Gasteiger partial charge >= 0.3 is 0 Å². The number of imidazole rings is 1. The Balaban J connectivity index is 1.82. The first-order chi connectivity index (χ1) is 8.85. The standard InChI is InChI=1S/C15H16N2O/c1-2-18-11-7-15(8-11)13-6-4-3-5-12(13)14-9-16-10-17(14)15/h3-6,9-11H,2,7-8H2,1H3. The summed E-state index contributed by atoms with van der Waals surface area (Å²) in [5, 5.41) is 0. The smallest absolute Gasteiger partial charge is 0.0959 e. The van der Waals surface area contributed by atoms with E-state index in [1.165, 1.54) is 16.8 Å². The average molecular weight is 240 g/mol. The maximum atomic E-state index is 5.74. The highest BCUT2D eigenvalue weighted by atomic mass is 16.5. The summed E-state index contributed by atoms with van der Waals surface area (Å²) < 4.78 is 8.08. The number of fused-ring (bicyclic) bond motifs is 5. The van der Waals surface area contributed by atoms with Gasteiger partial charge in [-0.1, -0.05) is 24.3 Å². The van der Waals surface area contributed by atoms with Crippen molar-refractivity contribution in [2.24, 2.45) is 0 Å². The molecule has 1 aliphatic carbocycles. The van der Waals surface area contributed by atoms with Crippen molar-refractivity contribution in [3.63, 3.8) is 0 Å². The molecule has 0 bridgehead atoms. The largest absolute Gasteiger partial charge is 0.378 e. The lowest BCUT2D eigenvalue weighted by atomic mass is 9.70. The zero-order valence-corrected chi connectivity index (χ0v) is 10.5. The molecule has 0 radical (unpaired) electrons. The van der Waals surface area contributed by atoms with Crippen LogP contribution in [0, 0.1) is 0 Å². The molecule has 1 saturated carbocycles. The number of aromatic nitrogens is 2. The van der Waals surface area contributed by atoms with Gasteiger partial charge in [-0.25, -0.2) is 4.98 Å². The second-order valence-corrected chi connectivity index (χ2v) is 5.21. The molecular weight excluding hydrogens is 224 g/mol. The van der Waals surface area contributed by atoms with Gasteiger partial charge in [0.05, 0.1) is 29.9 Å². The summed E-state index contributed by atoms with van der Waals surface area (Å²) >= 11 is 0. The molecule has 1 spiro atoms. The maximum Gasteiger partial charge on any atom is 0.0959 e. The van der Waals surface area contributed by atoms with Crippen molar-refractivity contribution in [3.8, 4) is 11.3 Å². The van der Waals surface area contributed by atoms with Crippen LogP contribution >= 0.6 is 0 Å². The molecule has 1 aromatic carbocycles. The van der Waals surface area contributed by atoms with Crippen LogP contribution in [0.2, 0.25) is 0 Å². The number of ether oxygens (including phenoxy) is 1. The fourth-order valence-corrected chi connectivity index (χ4v) is 3.54. The molecular formula is C15H16N2O. The van der Waals surface area contributed by atoms with Crippen LogP contribution in [0.25, 0.3) is 11.3 Å². The van der Waals surface area contributed by atoms with E-state index in [1.807, 2.05) is 12.5 Å². The van der Waals surface area contributed by atoms with Crippen molar-refractivity contribution < 1.29 is 4.74 Å². The highest BCUT2D eigenvalue weighted by molar-refractivity contribution is 5.71. The van der Waals surface area contributed by atoms with E-state index in [-0.39, 0.29) is 5.54 Å². The van der Waals surface area contributed by atoms with Crippen LogP contribution in [0.1, 0.15) is 25.3 Å². The van der Waals surface area contributed by atoms with E-state index in [4.69, 9.17) is 4.74 Å². The summed E-state index contributed by atoms with van der Waals surface area (Å²) in [7, 11) is 0. The summed E-state index contributed by atoms with van der Waals surface area (Å²) in [5.41, 5.74) is 4.14. The van der Waals surface area contributed by atoms with E-state index in [2.05, 4.69) is 40.7 Å². The van der Waals surface area contributed by atoms with E-state index in [0.29, 0.717) is 6.10 Å². The topological polar surface area (TPSA) is 27.1 Å². The third-order valence-electron chi connectivity index (χ3n) is 4.34. The van der Waals surface area contributed by atoms with Crippen LogP contribution in [0.15, 0.2) is 36.8 Å². The van der Waals surface area contributed by atoms with Gasteiger partial charge < -0.3 is 9.30 Å². The highest BCUT2D eigenvalue weighted by Crippen LogP contribution is 2.54.